The summed E-state index contributed by atoms with van der Waals surface area (Å²) in [5.41, 5.74) is 5.74. The Hall–Kier alpha value is -0.120. The molecule has 3 heteroatoms. The van der Waals surface area contributed by atoms with Crippen molar-refractivity contribution in [1.29, 1.82) is 0 Å². The Kier molecular flexibility index (Phi) is 5.58. The van der Waals surface area contributed by atoms with Gasteiger partial charge in [0.2, 0.25) is 0 Å². The lowest BCUT2D eigenvalue weighted by atomic mass is 9.88. The maximum absolute atomic E-state index is 9.37. The van der Waals surface area contributed by atoms with Crippen molar-refractivity contribution < 1.29 is 5.11 Å². The predicted molar refractivity (Wildman–Crippen MR) is 63.7 cm³/mol. The first-order chi connectivity index (χ1) is 7.20. The number of nitrogens with zero attached hydrogens (tertiary/aromatic N) is 1. The van der Waals surface area contributed by atoms with Gasteiger partial charge < -0.3 is 10.8 Å². The summed E-state index contributed by atoms with van der Waals surface area (Å²) >= 11 is 0. The summed E-state index contributed by atoms with van der Waals surface area (Å²) in [7, 11) is 0. The molecule has 1 aliphatic heterocycles. The van der Waals surface area contributed by atoms with Gasteiger partial charge >= 0.3 is 0 Å². The summed E-state index contributed by atoms with van der Waals surface area (Å²) in [6, 6.07) is 0.459. The molecule has 0 bridgehead atoms. The highest BCUT2D eigenvalue weighted by Gasteiger charge is 2.29. The Morgan fingerprint density at radius 3 is 2.20 bits per heavy atom. The van der Waals surface area contributed by atoms with E-state index in [1.54, 1.807) is 0 Å². The topological polar surface area (TPSA) is 49.5 Å². The molecule has 1 rings (SSSR count). The van der Waals surface area contributed by atoms with Crippen LogP contribution in [0.15, 0.2) is 0 Å². The molecule has 0 unspecified atom stereocenters. The van der Waals surface area contributed by atoms with Crippen LogP contribution >= 0.6 is 0 Å². The minimum atomic E-state index is 0.218. The highest BCUT2D eigenvalue weighted by Crippen LogP contribution is 2.23. The highest BCUT2D eigenvalue weighted by molar-refractivity contribution is 4.84. The van der Waals surface area contributed by atoms with Gasteiger partial charge in [0.25, 0.3) is 0 Å². The van der Waals surface area contributed by atoms with E-state index in [0.29, 0.717) is 18.5 Å². The number of likely N-dealkylation sites (tertiary alicyclic amines) is 1. The lowest BCUT2D eigenvalue weighted by molar-refractivity contribution is 0.0564. The predicted octanol–water partition coefficient (Wildman–Crippen LogP) is 1.06. The Morgan fingerprint density at radius 2 is 1.80 bits per heavy atom. The largest absolute Gasteiger partial charge is 0.396 e. The number of nitrogens with two attached hydrogens (primary N) is 1. The quantitative estimate of drug-likeness (QED) is 0.719. The second-order valence-corrected chi connectivity index (χ2v) is 5.01. The van der Waals surface area contributed by atoms with E-state index in [4.69, 9.17) is 5.73 Å². The molecule has 3 nitrogen and oxygen atoms in total. The Bertz CT molecular complexity index is 163. The smallest absolute Gasteiger partial charge is 0.0486 e. The fourth-order valence-electron chi connectivity index (χ4n) is 2.80. The molecule has 0 amide bonds. The number of piperidine rings is 1. The van der Waals surface area contributed by atoms with Gasteiger partial charge in [0.05, 0.1) is 0 Å². The molecule has 0 aromatic carbocycles. The lowest BCUT2D eigenvalue weighted by Gasteiger charge is -2.40. The van der Waals surface area contributed by atoms with Crippen molar-refractivity contribution in [2.75, 3.05) is 26.2 Å². The van der Waals surface area contributed by atoms with E-state index in [2.05, 4.69) is 18.7 Å². The second kappa shape index (κ2) is 6.46. The van der Waals surface area contributed by atoms with Gasteiger partial charge in [0.1, 0.15) is 0 Å². The zero-order valence-electron chi connectivity index (χ0n) is 10.2. The molecular weight excluding hydrogens is 188 g/mol. The standard InChI is InChI=1S/C12H26N2O/c1-10(2)12(11(8-13)9-15)14-6-4-3-5-7-14/h10-12,15H,3-9,13H2,1-2H3/t11-,12-/m0/s1. The molecule has 0 aliphatic carbocycles. The number of aliphatic hydroxyl groups excluding tert-OH is 1. The van der Waals surface area contributed by atoms with Crippen LogP contribution in [-0.4, -0.2) is 42.3 Å². The molecule has 3 N–H and O–H groups in total. The third-order valence-electron chi connectivity index (χ3n) is 3.52. The van der Waals surface area contributed by atoms with E-state index in [-0.39, 0.29) is 12.5 Å². The third-order valence-corrected chi connectivity index (χ3v) is 3.52. The average Bonchev–Trinajstić information content (AvgIpc) is 2.26. The molecule has 2 atom stereocenters. The van der Waals surface area contributed by atoms with Gasteiger partial charge in [-0.1, -0.05) is 20.3 Å². The van der Waals surface area contributed by atoms with Crippen molar-refractivity contribution in [2.24, 2.45) is 17.6 Å². The lowest BCUT2D eigenvalue weighted by Crippen LogP contribution is -2.49. The van der Waals surface area contributed by atoms with E-state index in [1.165, 1.54) is 32.4 Å². The Balaban J connectivity index is 2.62. The van der Waals surface area contributed by atoms with Gasteiger partial charge in [0.15, 0.2) is 0 Å². The van der Waals surface area contributed by atoms with E-state index in [9.17, 15) is 5.11 Å². The van der Waals surface area contributed by atoms with Crippen LogP contribution in [0.2, 0.25) is 0 Å². The molecule has 0 saturated carbocycles. The summed E-state index contributed by atoms with van der Waals surface area (Å²) < 4.78 is 0. The molecule has 0 spiro atoms. The SMILES string of the molecule is CC(C)[C@@H]([C@@H](CN)CO)N1CCCCC1. The van der Waals surface area contributed by atoms with Crippen LogP contribution in [0.4, 0.5) is 0 Å². The Morgan fingerprint density at radius 1 is 1.20 bits per heavy atom. The molecule has 0 radical (unpaired) electrons. The van der Waals surface area contributed by atoms with Crippen molar-refractivity contribution in [3.63, 3.8) is 0 Å². The van der Waals surface area contributed by atoms with Crippen LogP contribution in [0.1, 0.15) is 33.1 Å². The van der Waals surface area contributed by atoms with Crippen molar-refractivity contribution in [3.8, 4) is 0 Å². The molecule has 1 heterocycles. The minimum Gasteiger partial charge on any atom is -0.396 e. The molecule has 0 aromatic rings. The molecule has 90 valence electrons. The molecule has 0 aromatic heterocycles. The summed E-state index contributed by atoms with van der Waals surface area (Å²) in [6.07, 6.45) is 3.95. The first kappa shape index (κ1) is 12.9. The Labute approximate surface area is 93.6 Å². The van der Waals surface area contributed by atoms with Crippen LogP contribution in [0, 0.1) is 11.8 Å². The van der Waals surface area contributed by atoms with Crippen molar-refractivity contribution in [3.05, 3.63) is 0 Å². The summed E-state index contributed by atoms with van der Waals surface area (Å²) in [5.74, 6) is 0.812. The van der Waals surface area contributed by atoms with Crippen LogP contribution in [0.5, 0.6) is 0 Å². The zero-order chi connectivity index (χ0) is 11.3. The fourth-order valence-corrected chi connectivity index (χ4v) is 2.80. The van der Waals surface area contributed by atoms with Gasteiger partial charge in [-0.05, 0) is 38.4 Å². The van der Waals surface area contributed by atoms with Crippen molar-refractivity contribution >= 4 is 0 Å². The maximum Gasteiger partial charge on any atom is 0.0486 e. The monoisotopic (exact) mass is 214 g/mol. The van der Waals surface area contributed by atoms with Gasteiger partial charge in [0, 0.05) is 18.6 Å². The van der Waals surface area contributed by atoms with E-state index in [1.807, 2.05) is 0 Å². The molecule has 15 heavy (non-hydrogen) atoms. The van der Waals surface area contributed by atoms with Gasteiger partial charge in [-0.2, -0.15) is 0 Å². The first-order valence-electron chi connectivity index (χ1n) is 6.25. The number of hydrogen-bond donors (Lipinski definition) is 2. The average molecular weight is 214 g/mol. The van der Waals surface area contributed by atoms with Crippen LogP contribution in [0.3, 0.4) is 0 Å². The zero-order valence-corrected chi connectivity index (χ0v) is 10.2. The second-order valence-electron chi connectivity index (χ2n) is 5.01. The van der Waals surface area contributed by atoms with Crippen molar-refractivity contribution in [2.45, 2.75) is 39.2 Å². The molecule has 1 aliphatic rings. The number of aliphatic hydroxyl groups is 1. The summed E-state index contributed by atoms with van der Waals surface area (Å²) in [6.45, 7) is 7.64. The van der Waals surface area contributed by atoms with Crippen molar-refractivity contribution in [1.82, 2.24) is 4.90 Å². The number of hydrogen-bond acceptors (Lipinski definition) is 3. The number of rotatable bonds is 5. The molecule has 1 fully saturated rings. The van der Waals surface area contributed by atoms with Gasteiger partial charge in [-0.25, -0.2) is 0 Å². The normalized spacial score (nSPS) is 23.0. The molecule has 1 saturated heterocycles. The summed E-state index contributed by atoms with van der Waals surface area (Å²) in [4.78, 5) is 2.53. The van der Waals surface area contributed by atoms with Crippen LogP contribution in [-0.2, 0) is 0 Å². The van der Waals surface area contributed by atoms with Gasteiger partial charge in [-0.15, -0.1) is 0 Å². The van der Waals surface area contributed by atoms with E-state index in [0.717, 1.165) is 0 Å². The van der Waals surface area contributed by atoms with E-state index >= 15 is 0 Å². The first-order valence-corrected chi connectivity index (χ1v) is 6.25. The molecular formula is C12H26N2O. The fraction of sp³-hybridized carbons (Fsp3) is 1.00. The highest BCUT2D eigenvalue weighted by atomic mass is 16.3. The van der Waals surface area contributed by atoms with Crippen LogP contribution < -0.4 is 5.73 Å². The third kappa shape index (κ3) is 3.44. The van der Waals surface area contributed by atoms with Gasteiger partial charge in [-0.3, -0.25) is 4.90 Å². The van der Waals surface area contributed by atoms with Crippen LogP contribution in [0.25, 0.3) is 0 Å². The summed E-state index contributed by atoms with van der Waals surface area (Å²) in [5, 5.41) is 9.37. The maximum atomic E-state index is 9.37. The minimum absolute atomic E-state index is 0.218. The van der Waals surface area contributed by atoms with E-state index < -0.39 is 0 Å².